The fraction of sp³-hybridized carbons (Fsp3) is 0.625. The van der Waals surface area contributed by atoms with E-state index in [0.717, 1.165) is 25.5 Å². The SMILES string of the molecule is CCN1CCN(C2CCN(c3ncccc3C#N)C2)CC1. The number of likely N-dealkylation sites (N-methyl/N-ethyl adjacent to an activating group) is 1. The van der Waals surface area contributed by atoms with Gasteiger partial charge in [-0.2, -0.15) is 5.26 Å². The van der Waals surface area contributed by atoms with Gasteiger partial charge in [-0.15, -0.1) is 0 Å². The lowest BCUT2D eigenvalue weighted by atomic mass is 10.2. The topological polar surface area (TPSA) is 46.4 Å². The van der Waals surface area contributed by atoms with E-state index in [9.17, 15) is 5.26 Å². The predicted molar refractivity (Wildman–Crippen MR) is 83.3 cm³/mol. The Kier molecular flexibility index (Phi) is 4.37. The van der Waals surface area contributed by atoms with Gasteiger partial charge in [-0.25, -0.2) is 4.98 Å². The molecule has 0 N–H and O–H groups in total. The molecular formula is C16H23N5. The van der Waals surface area contributed by atoms with Crippen molar-refractivity contribution in [3.63, 3.8) is 0 Å². The van der Waals surface area contributed by atoms with Gasteiger partial charge in [0.25, 0.3) is 0 Å². The van der Waals surface area contributed by atoms with E-state index >= 15 is 0 Å². The number of aromatic nitrogens is 1. The van der Waals surface area contributed by atoms with Crippen molar-refractivity contribution in [2.45, 2.75) is 19.4 Å². The minimum Gasteiger partial charge on any atom is -0.354 e. The van der Waals surface area contributed by atoms with E-state index in [1.54, 1.807) is 6.20 Å². The molecule has 1 atom stereocenters. The fourth-order valence-electron chi connectivity index (χ4n) is 3.41. The van der Waals surface area contributed by atoms with Crippen molar-refractivity contribution in [1.82, 2.24) is 14.8 Å². The van der Waals surface area contributed by atoms with Gasteiger partial charge in [-0.05, 0) is 25.1 Å². The molecule has 0 aromatic carbocycles. The molecular weight excluding hydrogens is 262 g/mol. The van der Waals surface area contributed by atoms with Crippen LogP contribution >= 0.6 is 0 Å². The summed E-state index contributed by atoms with van der Waals surface area (Å²) < 4.78 is 0. The average Bonchev–Trinajstić information content (AvgIpc) is 3.04. The summed E-state index contributed by atoms with van der Waals surface area (Å²) in [7, 11) is 0. The average molecular weight is 285 g/mol. The van der Waals surface area contributed by atoms with Gasteiger partial charge in [-0.3, -0.25) is 4.90 Å². The zero-order valence-corrected chi connectivity index (χ0v) is 12.7. The highest BCUT2D eigenvalue weighted by molar-refractivity contribution is 5.54. The second-order valence-corrected chi connectivity index (χ2v) is 5.85. The van der Waals surface area contributed by atoms with E-state index in [0.29, 0.717) is 11.6 Å². The van der Waals surface area contributed by atoms with Gasteiger partial charge in [0.2, 0.25) is 0 Å². The highest BCUT2D eigenvalue weighted by Gasteiger charge is 2.31. The molecule has 2 saturated heterocycles. The van der Waals surface area contributed by atoms with Gasteiger partial charge in [0.15, 0.2) is 0 Å². The first-order chi connectivity index (χ1) is 10.3. The molecule has 1 unspecified atom stereocenters. The Labute approximate surface area is 126 Å². The summed E-state index contributed by atoms with van der Waals surface area (Å²) in [5, 5.41) is 9.22. The number of pyridine rings is 1. The van der Waals surface area contributed by atoms with Crippen molar-refractivity contribution >= 4 is 5.82 Å². The molecule has 5 heteroatoms. The van der Waals surface area contributed by atoms with Gasteiger partial charge in [0, 0.05) is 51.5 Å². The molecule has 112 valence electrons. The van der Waals surface area contributed by atoms with E-state index < -0.39 is 0 Å². The van der Waals surface area contributed by atoms with Crippen LogP contribution in [0.15, 0.2) is 18.3 Å². The maximum atomic E-state index is 9.22. The number of nitriles is 1. The Morgan fingerprint density at radius 1 is 1.29 bits per heavy atom. The molecule has 0 amide bonds. The van der Waals surface area contributed by atoms with Crippen LogP contribution in [-0.2, 0) is 0 Å². The number of anilines is 1. The lowest BCUT2D eigenvalue weighted by Gasteiger charge is -2.37. The minimum absolute atomic E-state index is 0.609. The van der Waals surface area contributed by atoms with Crippen LogP contribution in [0.3, 0.4) is 0 Å². The maximum absolute atomic E-state index is 9.22. The van der Waals surface area contributed by atoms with Crippen molar-refractivity contribution in [3.8, 4) is 6.07 Å². The zero-order chi connectivity index (χ0) is 14.7. The molecule has 0 bridgehead atoms. The number of hydrogen-bond donors (Lipinski definition) is 0. The minimum atomic E-state index is 0.609. The number of nitrogens with zero attached hydrogens (tertiary/aromatic N) is 5. The zero-order valence-electron chi connectivity index (χ0n) is 12.7. The first kappa shape index (κ1) is 14.3. The molecule has 21 heavy (non-hydrogen) atoms. The van der Waals surface area contributed by atoms with Crippen LogP contribution in [0.5, 0.6) is 0 Å². The monoisotopic (exact) mass is 285 g/mol. The van der Waals surface area contributed by atoms with Gasteiger partial charge in [0.05, 0.1) is 5.56 Å². The number of hydrogen-bond acceptors (Lipinski definition) is 5. The Hall–Kier alpha value is -1.64. The van der Waals surface area contributed by atoms with Crippen molar-refractivity contribution in [3.05, 3.63) is 23.9 Å². The smallest absolute Gasteiger partial charge is 0.146 e. The molecule has 2 aliphatic heterocycles. The molecule has 5 nitrogen and oxygen atoms in total. The van der Waals surface area contributed by atoms with Crippen molar-refractivity contribution in [2.75, 3.05) is 50.7 Å². The molecule has 1 aromatic rings. The standard InChI is InChI=1S/C16H23N5/c1-2-19-8-10-20(11-9-19)15-5-7-21(13-15)16-14(12-17)4-3-6-18-16/h3-4,6,15H,2,5,7-11,13H2,1H3. The Morgan fingerprint density at radius 2 is 2.10 bits per heavy atom. The van der Waals surface area contributed by atoms with Crippen LogP contribution in [0.2, 0.25) is 0 Å². The van der Waals surface area contributed by atoms with Crippen molar-refractivity contribution in [1.29, 1.82) is 5.26 Å². The highest BCUT2D eigenvalue weighted by Crippen LogP contribution is 2.24. The maximum Gasteiger partial charge on any atom is 0.146 e. The predicted octanol–water partition coefficient (Wildman–Crippen LogP) is 1.17. The second-order valence-electron chi connectivity index (χ2n) is 5.85. The van der Waals surface area contributed by atoms with Crippen LogP contribution in [-0.4, -0.2) is 66.6 Å². The Bertz CT molecular complexity index is 516. The third kappa shape index (κ3) is 3.02. The normalized spacial score (nSPS) is 24.2. The van der Waals surface area contributed by atoms with Gasteiger partial charge < -0.3 is 9.80 Å². The van der Waals surface area contributed by atoms with Crippen molar-refractivity contribution in [2.24, 2.45) is 0 Å². The quantitative estimate of drug-likeness (QED) is 0.834. The van der Waals surface area contributed by atoms with E-state index in [2.05, 4.69) is 32.7 Å². The molecule has 1 aromatic heterocycles. The Balaban J connectivity index is 1.62. The molecule has 0 aliphatic carbocycles. The van der Waals surface area contributed by atoms with Gasteiger partial charge in [-0.1, -0.05) is 6.92 Å². The summed E-state index contributed by atoms with van der Waals surface area (Å²) in [6.45, 7) is 10.1. The van der Waals surface area contributed by atoms with Crippen LogP contribution < -0.4 is 4.90 Å². The van der Waals surface area contributed by atoms with Crippen LogP contribution in [0.4, 0.5) is 5.82 Å². The van der Waals surface area contributed by atoms with Crippen LogP contribution in [0, 0.1) is 11.3 Å². The lowest BCUT2D eigenvalue weighted by molar-refractivity contribution is 0.107. The number of rotatable bonds is 3. The molecule has 3 heterocycles. The summed E-state index contributed by atoms with van der Waals surface area (Å²) in [6, 6.07) is 6.55. The third-order valence-electron chi connectivity index (χ3n) is 4.74. The fourth-order valence-corrected chi connectivity index (χ4v) is 3.41. The molecule has 2 aliphatic rings. The Morgan fingerprint density at radius 3 is 2.81 bits per heavy atom. The highest BCUT2D eigenvalue weighted by atomic mass is 15.3. The first-order valence-corrected chi connectivity index (χ1v) is 7.88. The second kappa shape index (κ2) is 6.42. The molecule has 3 rings (SSSR count). The summed E-state index contributed by atoms with van der Waals surface area (Å²) >= 11 is 0. The largest absolute Gasteiger partial charge is 0.354 e. The summed E-state index contributed by atoms with van der Waals surface area (Å²) in [5.74, 6) is 0.856. The summed E-state index contributed by atoms with van der Waals surface area (Å²) in [4.78, 5) is 11.8. The first-order valence-electron chi connectivity index (χ1n) is 7.88. The molecule has 0 spiro atoms. The summed E-state index contributed by atoms with van der Waals surface area (Å²) in [5.41, 5.74) is 0.689. The number of piperazine rings is 1. The third-order valence-corrected chi connectivity index (χ3v) is 4.74. The lowest BCUT2D eigenvalue weighted by Crippen LogP contribution is -2.50. The van der Waals surface area contributed by atoms with Crippen molar-refractivity contribution < 1.29 is 0 Å². The molecule has 0 radical (unpaired) electrons. The van der Waals surface area contributed by atoms with E-state index in [1.165, 1.54) is 32.6 Å². The molecule has 2 fully saturated rings. The molecule has 0 saturated carbocycles. The van der Waals surface area contributed by atoms with Crippen LogP contribution in [0.25, 0.3) is 0 Å². The summed E-state index contributed by atoms with van der Waals surface area (Å²) in [6.07, 6.45) is 2.96. The van der Waals surface area contributed by atoms with E-state index in [4.69, 9.17) is 0 Å². The van der Waals surface area contributed by atoms with E-state index in [1.807, 2.05) is 12.1 Å². The van der Waals surface area contributed by atoms with Gasteiger partial charge in [0.1, 0.15) is 11.9 Å². The van der Waals surface area contributed by atoms with Gasteiger partial charge >= 0.3 is 0 Å². The van der Waals surface area contributed by atoms with E-state index in [-0.39, 0.29) is 0 Å². The van der Waals surface area contributed by atoms with Crippen LogP contribution in [0.1, 0.15) is 18.9 Å².